The van der Waals surface area contributed by atoms with Gasteiger partial charge in [-0.15, -0.1) is 0 Å². The van der Waals surface area contributed by atoms with Crippen LogP contribution in [-0.2, 0) is 6.54 Å². The second kappa shape index (κ2) is 6.22. The van der Waals surface area contributed by atoms with Crippen LogP contribution in [-0.4, -0.2) is 14.9 Å². The first-order valence-electron chi connectivity index (χ1n) is 5.93. The van der Waals surface area contributed by atoms with E-state index < -0.39 is 0 Å². The molecule has 0 fully saturated rings. The van der Waals surface area contributed by atoms with Crippen molar-refractivity contribution in [3.05, 3.63) is 35.1 Å². The van der Waals surface area contributed by atoms with Crippen LogP contribution in [0.1, 0.15) is 26.3 Å². The van der Waals surface area contributed by atoms with Gasteiger partial charge in [0.2, 0.25) is 0 Å². The van der Waals surface area contributed by atoms with Gasteiger partial charge in [0.15, 0.2) is 4.34 Å². The number of hydrogen-bond acceptors (Lipinski definition) is 5. The summed E-state index contributed by atoms with van der Waals surface area (Å²) >= 11 is 9.26. The van der Waals surface area contributed by atoms with Crippen LogP contribution in [0.3, 0.4) is 0 Å². The van der Waals surface area contributed by atoms with Gasteiger partial charge in [-0.3, -0.25) is 0 Å². The first-order valence-corrected chi connectivity index (χ1v) is 7.89. The zero-order valence-electron chi connectivity index (χ0n) is 11.1. The third-order valence-corrected chi connectivity index (χ3v) is 4.72. The van der Waals surface area contributed by atoms with Gasteiger partial charge < -0.3 is 5.32 Å². The lowest BCUT2D eigenvalue weighted by Gasteiger charge is -2.21. The molecule has 2 rings (SSSR count). The van der Waals surface area contributed by atoms with Gasteiger partial charge in [-0.25, -0.2) is 4.98 Å². The molecule has 0 aliphatic heterocycles. The highest BCUT2D eigenvalue weighted by Crippen LogP contribution is 2.36. The highest BCUT2D eigenvalue weighted by molar-refractivity contribution is 8.01. The van der Waals surface area contributed by atoms with E-state index >= 15 is 0 Å². The Kier molecular flexibility index (Phi) is 4.84. The summed E-state index contributed by atoms with van der Waals surface area (Å²) in [6.45, 7) is 7.23. The minimum Gasteiger partial charge on any atom is -0.308 e. The summed E-state index contributed by atoms with van der Waals surface area (Å²) in [5.74, 6) is 0. The Bertz CT molecular complexity index is 535. The van der Waals surface area contributed by atoms with E-state index in [2.05, 4.69) is 41.5 Å². The maximum absolute atomic E-state index is 6.30. The predicted molar refractivity (Wildman–Crippen MR) is 82.1 cm³/mol. The largest absolute Gasteiger partial charge is 0.308 e. The highest BCUT2D eigenvalue weighted by Gasteiger charge is 2.14. The van der Waals surface area contributed by atoms with Gasteiger partial charge in [-0.05, 0) is 43.9 Å². The van der Waals surface area contributed by atoms with E-state index in [1.807, 2.05) is 12.1 Å². The molecule has 6 heteroatoms. The summed E-state index contributed by atoms with van der Waals surface area (Å²) < 4.78 is 4.92. The molecule has 102 valence electrons. The fourth-order valence-corrected chi connectivity index (χ4v) is 3.29. The maximum Gasteiger partial charge on any atom is 0.174 e. The zero-order valence-corrected chi connectivity index (χ0v) is 13.5. The van der Waals surface area contributed by atoms with Crippen molar-refractivity contribution in [3.8, 4) is 0 Å². The fraction of sp³-hybridized carbons (Fsp3) is 0.385. The molecule has 0 saturated carbocycles. The monoisotopic (exact) mass is 313 g/mol. The van der Waals surface area contributed by atoms with Crippen molar-refractivity contribution in [2.45, 2.75) is 42.1 Å². The minimum atomic E-state index is 0.0764. The molecule has 0 radical (unpaired) electrons. The third kappa shape index (κ3) is 4.45. The molecule has 0 amide bonds. The Balaban J connectivity index is 2.21. The number of benzene rings is 1. The lowest BCUT2D eigenvalue weighted by Crippen LogP contribution is -2.35. The Hall–Kier alpha value is -0.620. The quantitative estimate of drug-likeness (QED) is 0.916. The van der Waals surface area contributed by atoms with Crippen LogP contribution in [0.15, 0.2) is 33.8 Å². The van der Waals surface area contributed by atoms with E-state index in [9.17, 15) is 0 Å². The molecule has 0 unspecified atom stereocenters. The molecule has 19 heavy (non-hydrogen) atoms. The first kappa shape index (κ1) is 14.8. The van der Waals surface area contributed by atoms with E-state index in [0.29, 0.717) is 0 Å². The Morgan fingerprint density at radius 3 is 2.79 bits per heavy atom. The number of nitrogens with zero attached hydrogens (tertiary/aromatic N) is 2. The van der Waals surface area contributed by atoms with Crippen molar-refractivity contribution in [3.63, 3.8) is 0 Å². The summed E-state index contributed by atoms with van der Waals surface area (Å²) in [5, 5.41) is 4.24. The minimum absolute atomic E-state index is 0.0764. The number of hydrogen-bond donors (Lipinski definition) is 1. The van der Waals surface area contributed by atoms with Crippen LogP contribution >= 0.6 is 34.9 Å². The summed E-state index contributed by atoms with van der Waals surface area (Å²) in [5.41, 5.74) is 1.26. The lowest BCUT2D eigenvalue weighted by atomic mass is 10.1. The van der Waals surface area contributed by atoms with Crippen LogP contribution in [0.5, 0.6) is 0 Å². The Morgan fingerprint density at radius 1 is 1.37 bits per heavy atom. The lowest BCUT2D eigenvalue weighted by molar-refractivity contribution is 0.422. The molecule has 3 nitrogen and oxygen atoms in total. The first-order chi connectivity index (χ1) is 8.96. The number of halogens is 1. The number of aromatic nitrogens is 2. The molecule has 1 aromatic carbocycles. The normalized spacial score (nSPS) is 11.8. The molecule has 0 aliphatic rings. The SMILES string of the molecule is CC(C)(C)NCc1cccc(Cl)c1Sc1ncns1. The van der Waals surface area contributed by atoms with E-state index in [1.54, 1.807) is 18.1 Å². The third-order valence-electron chi connectivity index (χ3n) is 2.39. The maximum atomic E-state index is 6.30. The van der Waals surface area contributed by atoms with Crippen molar-refractivity contribution in [2.75, 3.05) is 0 Å². The van der Waals surface area contributed by atoms with Gasteiger partial charge in [0.25, 0.3) is 0 Å². The zero-order chi connectivity index (χ0) is 13.9. The van der Waals surface area contributed by atoms with E-state index in [-0.39, 0.29) is 5.54 Å². The van der Waals surface area contributed by atoms with Gasteiger partial charge in [-0.1, -0.05) is 35.5 Å². The second-order valence-electron chi connectivity index (χ2n) is 5.14. The van der Waals surface area contributed by atoms with E-state index in [4.69, 9.17) is 11.6 Å². The van der Waals surface area contributed by atoms with Gasteiger partial charge in [0.05, 0.1) is 5.02 Å². The average molecular weight is 314 g/mol. The average Bonchev–Trinajstić information content (AvgIpc) is 2.82. The van der Waals surface area contributed by atoms with Crippen molar-refractivity contribution in [1.29, 1.82) is 0 Å². The van der Waals surface area contributed by atoms with Gasteiger partial charge >= 0.3 is 0 Å². The van der Waals surface area contributed by atoms with Crippen LogP contribution in [0.4, 0.5) is 0 Å². The highest BCUT2D eigenvalue weighted by atomic mass is 35.5. The molecule has 0 atom stereocenters. The summed E-state index contributed by atoms with van der Waals surface area (Å²) in [4.78, 5) is 5.25. The Morgan fingerprint density at radius 2 is 2.16 bits per heavy atom. The van der Waals surface area contributed by atoms with Crippen molar-refractivity contribution >= 4 is 34.9 Å². The Labute approximate surface area is 127 Å². The van der Waals surface area contributed by atoms with Gasteiger partial charge in [-0.2, -0.15) is 4.37 Å². The van der Waals surface area contributed by atoms with Crippen molar-refractivity contribution in [2.24, 2.45) is 0 Å². The molecular weight excluding hydrogens is 298 g/mol. The molecule has 1 heterocycles. The van der Waals surface area contributed by atoms with E-state index in [0.717, 1.165) is 20.8 Å². The summed E-state index contributed by atoms with van der Waals surface area (Å²) in [7, 11) is 0. The molecule has 2 aromatic rings. The summed E-state index contributed by atoms with van der Waals surface area (Å²) in [6.07, 6.45) is 1.57. The molecule has 0 bridgehead atoms. The summed E-state index contributed by atoms with van der Waals surface area (Å²) in [6, 6.07) is 5.98. The van der Waals surface area contributed by atoms with Crippen LogP contribution in [0, 0.1) is 0 Å². The number of nitrogens with one attached hydrogen (secondary N) is 1. The molecule has 1 N–H and O–H groups in total. The van der Waals surface area contributed by atoms with Crippen LogP contribution in [0.25, 0.3) is 0 Å². The predicted octanol–water partition coefficient (Wildman–Crippen LogP) is 4.23. The van der Waals surface area contributed by atoms with E-state index in [1.165, 1.54) is 17.1 Å². The molecular formula is C13H16ClN3S2. The topological polar surface area (TPSA) is 37.8 Å². The molecule has 0 aliphatic carbocycles. The number of rotatable bonds is 4. The molecule has 1 aromatic heterocycles. The van der Waals surface area contributed by atoms with Crippen molar-refractivity contribution in [1.82, 2.24) is 14.7 Å². The standard InChI is InChI=1S/C13H16ClN3S2/c1-13(2,3)16-7-9-5-4-6-10(14)11(9)18-12-15-8-17-19-12/h4-6,8,16H,7H2,1-3H3. The van der Waals surface area contributed by atoms with Crippen LogP contribution in [0.2, 0.25) is 5.02 Å². The molecule has 0 spiro atoms. The van der Waals surface area contributed by atoms with Gasteiger partial charge in [0, 0.05) is 17.0 Å². The smallest absolute Gasteiger partial charge is 0.174 e. The fourth-order valence-electron chi connectivity index (χ4n) is 1.46. The van der Waals surface area contributed by atoms with Crippen LogP contribution < -0.4 is 5.32 Å². The second-order valence-corrected chi connectivity index (χ2v) is 7.59. The van der Waals surface area contributed by atoms with Crippen molar-refractivity contribution < 1.29 is 0 Å². The van der Waals surface area contributed by atoms with Gasteiger partial charge in [0.1, 0.15) is 6.33 Å². The molecule has 0 saturated heterocycles.